The van der Waals surface area contributed by atoms with Crippen molar-refractivity contribution in [2.45, 2.75) is 38.5 Å². The SMILES string of the molecule is C=C[Si](C)(C)C(N)CCC. The van der Waals surface area contributed by atoms with Crippen molar-refractivity contribution in [3.05, 3.63) is 12.3 Å². The van der Waals surface area contributed by atoms with Crippen LogP contribution in [0.5, 0.6) is 0 Å². The summed E-state index contributed by atoms with van der Waals surface area (Å²) in [6.45, 7) is 10.5. The second-order valence-corrected chi connectivity index (χ2v) is 8.21. The fraction of sp³-hybridized carbons (Fsp3) is 0.750. The van der Waals surface area contributed by atoms with Gasteiger partial charge in [-0.2, -0.15) is 0 Å². The highest BCUT2D eigenvalue weighted by molar-refractivity contribution is 6.83. The van der Waals surface area contributed by atoms with Gasteiger partial charge in [-0.05, 0) is 6.42 Å². The van der Waals surface area contributed by atoms with Gasteiger partial charge in [0, 0.05) is 5.67 Å². The molecule has 0 aromatic heterocycles. The molecule has 0 heterocycles. The predicted octanol–water partition coefficient (Wildman–Crippen LogP) is 2.09. The minimum absolute atomic E-state index is 0.398. The average Bonchev–Trinajstić information content (AvgIpc) is 1.89. The Labute approximate surface area is 65.3 Å². The van der Waals surface area contributed by atoms with Crippen molar-refractivity contribution in [2.24, 2.45) is 5.73 Å². The first kappa shape index (κ1) is 9.92. The lowest BCUT2D eigenvalue weighted by atomic mass is 10.3. The lowest BCUT2D eigenvalue weighted by Crippen LogP contribution is -2.46. The van der Waals surface area contributed by atoms with E-state index in [1.165, 1.54) is 6.42 Å². The van der Waals surface area contributed by atoms with Crippen molar-refractivity contribution in [1.29, 1.82) is 0 Å². The molecular weight excluding hydrogens is 138 g/mol. The Bertz CT molecular complexity index is 110. The zero-order valence-corrected chi connectivity index (χ0v) is 8.35. The number of hydrogen-bond donors (Lipinski definition) is 1. The highest BCUT2D eigenvalue weighted by atomic mass is 28.3. The molecule has 1 nitrogen and oxygen atoms in total. The summed E-state index contributed by atoms with van der Waals surface area (Å²) in [5.74, 6) is 0. The Morgan fingerprint density at radius 1 is 1.60 bits per heavy atom. The largest absolute Gasteiger partial charge is 0.330 e. The molecule has 0 fully saturated rings. The molecule has 0 aliphatic carbocycles. The van der Waals surface area contributed by atoms with Crippen LogP contribution < -0.4 is 5.73 Å². The zero-order valence-electron chi connectivity index (χ0n) is 7.35. The summed E-state index contributed by atoms with van der Waals surface area (Å²) in [4.78, 5) is 0. The van der Waals surface area contributed by atoms with Crippen LogP contribution in [-0.4, -0.2) is 13.7 Å². The quantitative estimate of drug-likeness (QED) is 0.621. The molecule has 0 saturated heterocycles. The third kappa shape index (κ3) is 2.67. The highest BCUT2D eigenvalue weighted by Gasteiger charge is 2.23. The smallest absolute Gasteiger partial charge is 0.0887 e. The molecule has 10 heavy (non-hydrogen) atoms. The van der Waals surface area contributed by atoms with Crippen LogP contribution in [0.25, 0.3) is 0 Å². The van der Waals surface area contributed by atoms with Crippen molar-refractivity contribution in [2.75, 3.05) is 0 Å². The van der Waals surface area contributed by atoms with E-state index < -0.39 is 8.07 Å². The van der Waals surface area contributed by atoms with Gasteiger partial charge in [0.2, 0.25) is 0 Å². The van der Waals surface area contributed by atoms with E-state index in [0.29, 0.717) is 5.67 Å². The van der Waals surface area contributed by atoms with E-state index in [1.54, 1.807) is 0 Å². The second-order valence-electron chi connectivity index (χ2n) is 3.42. The third-order valence-corrected chi connectivity index (χ3v) is 5.33. The van der Waals surface area contributed by atoms with Crippen molar-refractivity contribution >= 4 is 8.07 Å². The minimum Gasteiger partial charge on any atom is -0.330 e. The summed E-state index contributed by atoms with van der Waals surface area (Å²) < 4.78 is 0. The van der Waals surface area contributed by atoms with E-state index in [-0.39, 0.29) is 0 Å². The first-order valence-corrected chi connectivity index (χ1v) is 7.09. The van der Waals surface area contributed by atoms with Gasteiger partial charge in [0.15, 0.2) is 0 Å². The molecule has 0 bridgehead atoms. The molecular formula is C8H19NSi. The molecule has 2 heteroatoms. The maximum absolute atomic E-state index is 5.96. The van der Waals surface area contributed by atoms with Gasteiger partial charge in [0.25, 0.3) is 0 Å². The van der Waals surface area contributed by atoms with E-state index >= 15 is 0 Å². The van der Waals surface area contributed by atoms with Crippen LogP contribution in [0.3, 0.4) is 0 Å². The highest BCUT2D eigenvalue weighted by Crippen LogP contribution is 2.11. The molecule has 0 aromatic carbocycles. The van der Waals surface area contributed by atoms with Gasteiger partial charge in [-0.25, -0.2) is 0 Å². The Balaban J connectivity index is 3.90. The van der Waals surface area contributed by atoms with Crippen LogP contribution in [-0.2, 0) is 0 Å². The van der Waals surface area contributed by atoms with E-state index in [9.17, 15) is 0 Å². The fourth-order valence-corrected chi connectivity index (χ4v) is 2.17. The molecule has 1 atom stereocenters. The second kappa shape index (κ2) is 3.94. The average molecular weight is 157 g/mol. The molecule has 0 aromatic rings. The Morgan fingerprint density at radius 3 is 2.40 bits per heavy atom. The summed E-state index contributed by atoms with van der Waals surface area (Å²) in [7, 11) is -1.26. The fourth-order valence-electron chi connectivity index (χ4n) is 0.834. The van der Waals surface area contributed by atoms with Gasteiger partial charge in [-0.3, -0.25) is 0 Å². The van der Waals surface area contributed by atoms with Gasteiger partial charge >= 0.3 is 0 Å². The van der Waals surface area contributed by atoms with E-state index in [2.05, 4.69) is 32.3 Å². The molecule has 0 radical (unpaired) electrons. The number of rotatable bonds is 4. The molecule has 0 aliphatic heterocycles. The van der Waals surface area contributed by atoms with Crippen molar-refractivity contribution in [1.82, 2.24) is 0 Å². The van der Waals surface area contributed by atoms with Crippen LogP contribution in [0.4, 0.5) is 0 Å². The lowest BCUT2D eigenvalue weighted by molar-refractivity contribution is 0.735. The molecule has 60 valence electrons. The number of nitrogens with two attached hydrogens (primary N) is 1. The normalized spacial score (nSPS) is 14.8. The standard InChI is InChI=1S/C8H19NSi/c1-5-7-8(9)10(3,4)6-2/h6,8H,2,5,7,9H2,1,3-4H3. The van der Waals surface area contributed by atoms with Crippen LogP contribution in [0.2, 0.25) is 13.1 Å². The van der Waals surface area contributed by atoms with Crippen molar-refractivity contribution in [3.63, 3.8) is 0 Å². The van der Waals surface area contributed by atoms with Gasteiger partial charge in [-0.1, -0.05) is 26.4 Å². The lowest BCUT2D eigenvalue weighted by Gasteiger charge is -2.25. The van der Waals surface area contributed by atoms with Gasteiger partial charge in [0.1, 0.15) is 0 Å². The summed E-state index contributed by atoms with van der Waals surface area (Å²) in [6, 6.07) is 0. The molecule has 0 rings (SSSR count). The zero-order chi connectivity index (χ0) is 8.20. The van der Waals surface area contributed by atoms with Crippen LogP contribution in [0.15, 0.2) is 12.3 Å². The molecule has 0 spiro atoms. The molecule has 1 unspecified atom stereocenters. The third-order valence-electron chi connectivity index (χ3n) is 2.08. The summed E-state index contributed by atoms with van der Waals surface area (Å²) in [5, 5.41) is 0. The van der Waals surface area contributed by atoms with Crippen molar-refractivity contribution < 1.29 is 0 Å². The maximum atomic E-state index is 5.96. The van der Waals surface area contributed by atoms with Crippen molar-refractivity contribution in [3.8, 4) is 0 Å². The first-order valence-electron chi connectivity index (χ1n) is 3.93. The van der Waals surface area contributed by atoms with Crippen LogP contribution >= 0.6 is 0 Å². The summed E-state index contributed by atoms with van der Waals surface area (Å²) in [6.07, 6.45) is 2.33. The Kier molecular flexibility index (Phi) is 3.90. The Morgan fingerprint density at radius 2 is 2.10 bits per heavy atom. The molecule has 0 saturated carbocycles. The van der Waals surface area contributed by atoms with Gasteiger partial charge in [-0.15, -0.1) is 12.3 Å². The summed E-state index contributed by atoms with van der Waals surface area (Å²) in [5.41, 5.74) is 8.44. The Hall–Kier alpha value is -0.0831. The predicted molar refractivity (Wildman–Crippen MR) is 50.6 cm³/mol. The number of hydrogen-bond acceptors (Lipinski definition) is 1. The molecule has 0 amide bonds. The van der Waals surface area contributed by atoms with E-state index in [4.69, 9.17) is 5.73 Å². The minimum atomic E-state index is -1.26. The van der Waals surface area contributed by atoms with E-state index in [0.717, 1.165) is 6.42 Å². The molecule has 0 aliphatic rings. The van der Waals surface area contributed by atoms with Crippen LogP contribution in [0, 0.1) is 0 Å². The van der Waals surface area contributed by atoms with Crippen LogP contribution in [0.1, 0.15) is 19.8 Å². The van der Waals surface area contributed by atoms with Gasteiger partial charge < -0.3 is 5.73 Å². The summed E-state index contributed by atoms with van der Waals surface area (Å²) >= 11 is 0. The topological polar surface area (TPSA) is 26.0 Å². The first-order chi connectivity index (χ1) is 4.54. The van der Waals surface area contributed by atoms with E-state index in [1.807, 2.05) is 0 Å². The maximum Gasteiger partial charge on any atom is 0.0887 e. The monoisotopic (exact) mass is 157 g/mol. The van der Waals surface area contributed by atoms with Gasteiger partial charge in [0.05, 0.1) is 8.07 Å². The molecule has 2 N–H and O–H groups in total.